The van der Waals surface area contributed by atoms with Crippen molar-refractivity contribution in [2.24, 2.45) is 10.8 Å². The molecule has 19 heavy (non-hydrogen) atoms. The Hall–Kier alpha value is -0.0800. The average Bonchev–Trinajstić information content (AvgIpc) is 2.38. The zero-order valence-corrected chi connectivity index (χ0v) is 14.0. The lowest BCUT2D eigenvalue weighted by Gasteiger charge is -2.41. The van der Waals surface area contributed by atoms with E-state index in [0.717, 1.165) is 13.1 Å². The van der Waals surface area contributed by atoms with Crippen molar-refractivity contribution in [2.75, 3.05) is 32.7 Å². The van der Waals surface area contributed by atoms with Gasteiger partial charge in [0.2, 0.25) is 0 Å². The highest BCUT2D eigenvalue weighted by Crippen LogP contribution is 2.37. The maximum absolute atomic E-state index is 3.60. The van der Waals surface area contributed by atoms with Gasteiger partial charge >= 0.3 is 0 Å². The Balaban J connectivity index is 2.10. The molecule has 0 amide bonds. The van der Waals surface area contributed by atoms with E-state index >= 15 is 0 Å². The van der Waals surface area contributed by atoms with E-state index in [4.69, 9.17) is 0 Å². The Morgan fingerprint density at radius 3 is 2.05 bits per heavy atom. The van der Waals surface area contributed by atoms with E-state index in [1.54, 1.807) is 0 Å². The predicted octanol–water partition coefficient (Wildman–Crippen LogP) is 3.91. The third-order valence-electron chi connectivity index (χ3n) is 5.07. The Morgan fingerprint density at radius 1 is 1.00 bits per heavy atom. The Labute approximate surface area is 121 Å². The van der Waals surface area contributed by atoms with Gasteiger partial charge in [0.1, 0.15) is 0 Å². The quantitative estimate of drug-likeness (QED) is 0.704. The van der Waals surface area contributed by atoms with Gasteiger partial charge in [-0.3, -0.25) is 0 Å². The van der Waals surface area contributed by atoms with Gasteiger partial charge in [0.05, 0.1) is 0 Å². The van der Waals surface area contributed by atoms with E-state index in [9.17, 15) is 0 Å². The number of rotatable bonds is 7. The molecule has 0 saturated carbocycles. The van der Waals surface area contributed by atoms with Crippen molar-refractivity contribution in [3.8, 4) is 0 Å². The molecule has 2 nitrogen and oxygen atoms in total. The first-order chi connectivity index (χ1) is 8.91. The third kappa shape index (κ3) is 6.27. The zero-order valence-electron chi connectivity index (χ0n) is 14.0. The van der Waals surface area contributed by atoms with Crippen LogP contribution in [0.1, 0.15) is 66.7 Å². The molecule has 1 fully saturated rings. The van der Waals surface area contributed by atoms with Gasteiger partial charge in [-0.25, -0.2) is 0 Å². The summed E-state index contributed by atoms with van der Waals surface area (Å²) in [4.78, 5) is 2.65. The number of nitrogens with zero attached hydrogens (tertiary/aromatic N) is 1. The molecule has 1 N–H and O–H groups in total. The van der Waals surface area contributed by atoms with E-state index < -0.39 is 0 Å². The molecule has 1 heterocycles. The second-order valence-electron chi connectivity index (χ2n) is 7.61. The van der Waals surface area contributed by atoms with Crippen molar-refractivity contribution >= 4 is 0 Å². The van der Waals surface area contributed by atoms with Crippen LogP contribution in [0.3, 0.4) is 0 Å². The fourth-order valence-corrected chi connectivity index (χ4v) is 3.03. The van der Waals surface area contributed by atoms with Crippen LogP contribution in [0, 0.1) is 10.8 Å². The van der Waals surface area contributed by atoms with Crippen molar-refractivity contribution in [3.05, 3.63) is 0 Å². The monoisotopic (exact) mass is 268 g/mol. The maximum atomic E-state index is 3.60. The summed E-state index contributed by atoms with van der Waals surface area (Å²) >= 11 is 0. The van der Waals surface area contributed by atoms with Crippen molar-refractivity contribution in [1.29, 1.82) is 0 Å². The van der Waals surface area contributed by atoms with Crippen molar-refractivity contribution in [3.63, 3.8) is 0 Å². The standard InChI is InChI=1S/C17H36N2/c1-6-17(7-2)9-13-19(14-10-17)15-12-18-11-8-16(3,4)5/h18H,6-15H2,1-5H3. The van der Waals surface area contributed by atoms with Crippen molar-refractivity contribution in [1.82, 2.24) is 10.2 Å². The highest BCUT2D eigenvalue weighted by molar-refractivity contribution is 4.84. The maximum Gasteiger partial charge on any atom is 0.0107 e. The van der Waals surface area contributed by atoms with E-state index in [1.165, 1.54) is 51.7 Å². The number of likely N-dealkylation sites (tertiary alicyclic amines) is 1. The summed E-state index contributed by atoms with van der Waals surface area (Å²) in [6, 6.07) is 0. The van der Waals surface area contributed by atoms with Gasteiger partial charge in [-0.1, -0.05) is 47.5 Å². The molecule has 0 aromatic rings. The van der Waals surface area contributed by atoms with E-state index in [0.29, 0.717) is 10.8 Å². The molecule has 1 aliphatic heterocycles. The molecule has 0 aliphatic carbocycles. The minimum absolute atomic E-state index is 0.458. The van der Waals surface area contributed by atoms with E-state index in [2.05, 4.69) is 44.8 Å². The third-order valence-corrected chi connectivity index (χ3v) is 5.07. The van der Waals surface area contributed by atoms with Crippen LogP contribution >= 0.6 is 0 Å². The number of nitrogens with one attached hydrogen (secondary N) is 1. The lowest BCUT2D eigenvalue weighted by molar-refractivity contribution is 0.0960. The highest BCUT2D eigenvalue weighted by Gasteiger charge is 2.30. The summed E-state index contributed by atoms with van der Waals surface area (Å²) in [5, 5.41) is 3.60. The number of hydrogen-bond acceptors (Lipinski definition) is 2. The van der Waals surface area contributed by atoms with Gasteiger partial charge in [-0.2, -0.15) is 0 Å². The SMILES string of the molecule is CCC1(CC)CCN(CCNCCC(C)(C)C)CC1. The fourth-order valence-electron chi connectivity index (χ4n) is 3.03. The second-order valence-corrected chi connectivity index (χ2v) is 7.61. The molecule has 0 bridgehead atoms. The van der Waals surface area contributed by atoms with Gasteiger partial charge in [0, 0.05) is 13.1 Å². The van der Waals surface area contributed by atoms with Gasteiger partial charge < -0.3 is 10.2 Å². The summed E-state index contributed by atoms with van der Waals surface area (Å²) in [7, 11) is 0. The van der Waals surface area contributed by atoms with Crippen LogP contribution in [-0.4, -0.2) is 37.6 Å². The van der Waals surface area contributed by atoms with Crippen LogP contribution in [0.4, 0.5) is 0 Å². The average molecular weight is 268 g/mol. The lowest BCUT2D eigenvalue weighted by Crippen LogP contribution is -2.42. The Kier molecular flexibility index (Phi) is 6.82. The summed E-state index contributed by atoms with van der Waals surface area (Å²) in [5.41, 5.74) is 1.12. The molecule has 114 valence electrons. The zero-order chi connectivity index (χ0) is 14.4. The summed E-state index contributed by atoms with van der Waals surface area (Å²) in [6.45, 7) is 17.8. The number of hydrogen-bond donors (Lipinski definition) is 1. The largest absolute Gasteiger partial charge is 0.315 e. The second kappa shape index (κ2) is 7.64. The molecule has 0 aromatic carbocycles. The van der Waals surface area contributed by atoms with Gasteiger partial charge in [0.25, 0.3) is 0 Å². The molecule has 0 unspecified atom stereocenters. The molecule has 1 saturated heterocycles. The van der Waals surface area contributed by atoms with Crippen LogP contribution in [0.2, 0.25) is 0 Å². The summed E-state index contributed by atoms with van der Waals surface area (Å²) < 4.78 is 0. The molecular formula is C17H36N2. The Morgan fingerprint density at radius 2 is 1.58 bits per heavy atom. The first-order valence-corrected chi connectivity index (χ1v) is 8.34. The molecule has 0 atom stereocenters. The van der Waals surface area contributed by atoms with E-state index in [1.807, 2.05) is 0 Å². The molecule has 1 aliphatic rings. The topological polar surface area (TPSA) is 15.3 Å². The molecule has 0 spiro atoms. The van der Waals surface area contributed by atoms with Crippen molar-refractivity contribution < 1.29 is 0 Å². The van der Waals surface area contributed by atoms with Crippen LogP contribution < -0.4 is 5.32 Å². The van der Waals surface area contributed by atoms with Gasteiger partial charge in [-0.05, 0) is 49.7 Å². The van der Waals surface area contributed by atoms with Gasteiger partial charge in [-0.15, -0.1) is 0 Å². The molecule has 1 rings (SSSR count). The van der Waals surface area contributed by atoms with Crippen molar-refractivity contribution in [2.45, 2.75) is 66.7 Å². The van der Waals surface area contributed by atoms with Crippen LogP contribution in [0.25, 0.3) is 0 Å². The molecular weight excluding hydrogens is 232 g/mol. The number of piperidine rings is 1. The Bertz CT molecular complexity index is 228. The van der Waals surface area contributed by atoms with Gasteiger partial charge in [0.15, 0.2) is 0 Å². The van der Waals surface area contributed by atoms with Crippen LogP contribution in [0.5, 0.6) is 0 Å². The minimum Gasteiger partial charge on any atom is -0.315 e. The van der Waals surface area contributed by atoms with Crippen LogP contribution in [0.15, 0.2) is 0 Å². The summed E-state index contributed by atoms with van der Waals surface area (Å²) in [5.74, 6) is 0. The smallest absolute Gasteiger partial charge is 0.0107 e. The first-order valence-electron chi connectivity index (χ1n) is 8.34. The lowest BCUT2D eigenvalue weighted by atomic mass is 9.74. The van der Waals surface area contributed by atoms with Crippen LogP contribution in [-0.2, 0) is 0 Å². The highest BCUT2D eigenvalue weighted by atomic mass is 15.1. The summed E-state index contributed by atoms with van der Waals surface area (Å²) in [6.07, 6.45) is 6.80. The molecule has 2 heteroatoms. The normalized spacial score (nSPS) is 20.7. The molecule has 0 radical (unpaired) electrons. The predicted molar refractivity (Wildman–Crippen MR) is 85.6 cm³/mol. The first kappa shape index (κ1) is 17.0. The van der Waals surface area contributed by atoms with E-state index in [-0.39, 0.29) is 0 Å². The molecule has 0 aromatic heterocycles. The minimum atomic E-state index is 0.458. The fraction of sp³-hybridized carbons (Fsp3) is 1.00.